The standard InChI is InChI=1S/C21H29N5O3S/c1-16-12-18(3)19(13-17(16)2)30(27,28)26-6-4-24(5-7-26)20-14-21(23-15-22-20)25-8-10-29-11-9-25/h12-15H,4-11H2,1-3H3. The highest BCUT2D eigenvalue weighted by Crippen LogP contribution is 2.26. The predicted molar refractivity (Wildman–Crippen MR) is 117 cm³/mol. The van der Waals surface area contributed by atoms with Crippen molar-refractivity contribution in [1.29, 1.82) is 0 Å². The zero-order chi connectivity index (χ0) is 21.3. The zero-order valence-corrected chi connectivity index (χ0v) is 18.7. The molecule has 0 unspecified atom stereocenters. The van der Waals surface area contributed by atoms with Crippen molar-refractivity contribution in [2.45, 2.75) is 25.7 Å². The van der Waals surface area contributed by atoms with Crippen LogP contribution in [0.2, 0.25) is 0 Å². The minimum absolute atomic E-state index is 0.413. The third-order valence-corrected chi connectivity index (χ3v) is 7.99. The Morgan fingerprint density at radius 2 is 1.33 bits per heavy atom. The summed E-state index contributed by atoms with van der Waals surface area (Å²) in [5, 5.41) is 0. The molecule has 2 aliphatic heterocycles. The minimum Gasteiger partial charge on any atom is -0.378 e. The Hall–Kier alpha value is -2.23. The molecule has 1 aromatic carbocycles. The van der Waals surface area contributed by atoms with Crippen molar-refractivity contribution in [1.82, 2.24) is 14.3 Å². The molecule has 2 aromatic rings. The van der Waals surface area contributed by atoms with Gasteiger partial charge in [0.05, 0.1) is 18.1 Å². The molecule has 0 amide bonds. The SMILES string of the molecule is Cc1cc(C)c(S(=O)(=O)N2CCN(c3cc(N4CCOCC4)ncn3)CC2)cc1C. The van der Waals surface area contributed by atoms with Gasteiger partial charge in [0.1, 0.15) is 18.0 Å². The molecule has 9 heteroatoms. The van der Waals surface area contributed by atoms with Gasteiger partial charge in [-0.1, -0.05) is 6.07 Å². The van der Waals surface area contributed by atoms with Gasteiger partial charge in [-0.15, -0.1) is 0 Å². The maximum absolute atomic E-state index is 13.2. The molecule has 2 aliphatic rings. The van der Waals surface area contributed by atoms with Crippen molar-refractivity contribution in [2.24, 2.45) is 0 Å². The van der Waals surface area contributed by atoms with Crippen LogP contribution in [0.15, 0.2) is 29.4 Å². The maximum Gasteiger partial charge on any atom is 0.243 e. The summed E-state index contributed by atoms with van der Waals surface area (Å²) in [5.41, 5.74) is 2.90. The topological polar surface area (TPSA) is 78.9 Å². The summed E-state index contributed by atoms with van der Waals surface area (Å²) >= 11 is 0. The lowest BCUT2D eigenvalue weighted by Crippen LogP contribution is -2.49. The monoisotopic (exact) mass is 431 g/mol. The normalized spacial score (nSPS) is 18.6. The van der Waals surface area contributed by atoms with Crippen molar-refractivity contribution in [2.75, 3.05) is 62.3 Å². The predicted octanol–water partition coefficient (Wildman–Crippen LogP) is 1.75. The first-order valence-electron chi connectivity index (χ1n) is 10.3. The number of morpholine rings is 1. The van der Waals surface area contributed by atoms with E-state index in [1.807, 2.05) is 32.9 Å². The second-order valence-electron chi connectivity index (χ2n) is 7.93. The van der Waals surface area contributed by atoms with Crippen molar-refractivity contribution in [3.8, 4) is 0 Å². The molecular weight excluding hydrogens is 402 g/mol. The zero-order valence-electron chi connectivity index (χ0n) is 17.8. The van der Waals surface area contributed by atoms with Gasteiger partial charge in [-0.3, -0.25) is 0 Å². The van der Waals surface area contributed by atoms with E-state index in [0.29, 0.717) is 44.3 Å². The Morgan fingerprint density at radius 3 is 1.97 bits per heavy atom. The molecule has 30 heavy (non-hydrogen) atoms. The molecule has 1 aromatic heterocycles. The van der Waals surface area contributed by atoms with Gasteiger partial charge in [-0.2, -0.15) is 4.31 Å². The third kappa shape index (κ3) is 4.14. The summed E-state index contributed by atoms with van der Waals surface area (Å²) in [7, 11) is -3.51. The number of aryl methyl sites for hydroxylation is 3. The summed E-state index contributed by atoms with van der Waals surface area (Å²) in [4.78, 5) is 13.6. The summed E-state index contributed by atoms with van der Waals surface area (Å²) in [6.45, 7) is 10.9. The van der Waals surface area contributed by atoms with Crippen LogP contribution in [0.25, 0.3) is 0 Å². The van der Waals surface area contributed by atoms with Gasteiger partial charge in [0.25, 0.3) is 0 Å². The number of hydrogen-bond acceptors (Lipinski definition) is 7. The molecule has 0 bridgehead atoms. The van der Waals surface area contributed by atoms with Crippen LogP contribution in [0, 0.1) is 20.8 Å². The Kier molecular flexibility index (Phi) is 5.95. The van der Waals surface area contributed by atoms with Crippen LogP contribution >= 0.6 is 0 Å². The van der Waals surface area contributed by atoms with E-state index in [-0.39, 0.29) is 0 Å². The molecule has 0 atom stereocenters. The highest BCUT2D eigenvalue weighted by molar-refractivity contribution is 7.89. The van der Waals surface area contributed by atoms with Crippen LogP contribution < -0.4 is 9.80 Å². The van der Waals surface area contributed by atoms with E-state index in [4.69, 9.17) is 4.74 Å². The number of aromatic nitrogens is 2. The first-order chi connectivity index (χ1) is 14.4. The lowest BCUT2D eigenvalue weighted by molar-refractivity contribution is 0.122. The molecule has 2 fully saturated rings. The van der Waals surface area contributed by atoms with Gasteiger partial charge in [0.2, 0.25) is 10.0 Å². The number of ether oxygens (including phenoxy) is 1. The second kappa shape index (κ2) is 8.49. The summed E-state index contributed by atoms with van der Waals surface area (Å²) < 4.78 is 33.5. The highest BCUT2D eigenvalue weighted by atomic mass is 32.2. The van der Waals surface area contributed by atoms with Gasteiger partial charge in [0, 0.05) is 45.3 Å². The maximum atomic E-state index is 13.2. The van der Waals surface area contributed by atoms with Gasteiger partial charge in [-0.05, 0) is 43.5 Å². The molecule has 4 rings (SSSR count). The summed E-state index contributed by atoms with van der Waals surface area (Å²) in [6.07, 6.45) is 1.59. The molecule has 2 saturated heterocycles. The molecule has 0 N–H and O–H groups in total. The smallest absolute Gasteiger partial charge is 0.243 e. The Balaban J connectivity index is 1.47. The van der Waals surface area contributed by atoms with Crippen LogP contribution in [0.4, 0.5) is 11.6 Å². The quantitative estimate of drug-likeness (QED) is 0.730. The fourth-order valence-corrected chi connectivity index (χ4v) is 5.70. The Bertz CT molecular complexity index is 1010. The number of hydrogen-bond donors (Lipinski definition) is 0. The Labute approximate surface area is 178 Å². The average Bonchev–Trinajstić information content (AvgIpc) is 2.77. The van der Waals surface area contributed by atoms with E-state index in [1.165, 1.54) is 0 Å². The molecule has 3 heterocycles. The molecule has 162 valence electrons. The Morgan fingerprint density at radius 1 is 0.767 bits per heavy atom. The van der Waals surface area contributed by atoms with Gasteiger partial charge >= 0.3 is 0 Å². The van der Waals surface area contributed by atoms with Crippen LogP contribution in [-0.2, 0) is 14.8 Å². The summed E-state index contributed by atoms with van der Waals surface area (Å²) in [5.74, 6) is 1.73. The van der Waals surface area contributed by atoms with Crippen molar-refractivity contribution in [3.05, 3.63) is 41.2 Å². The lowest BCUT2D eigenvalue weighted by Gasteiger charge is -2.35. The van der Waals surface area contributed by atoms with Gasteiger partial charge in [-0.25, -0.2) is 18.4 Å². The van der Waals surface area contributed by atoms with E-state index in [9.17, 15) is 8.42 Å². The van der Waals surface area contributed by atoms with Crippen LogP contribution in [0.5, 0.6) is 0 Å². The van der Waals surface area contributed by atoms with Crippen molar-refractivity contribution >= 4 is 21.7 Å². The van der Waals surface area contributed by atoms with Crippen LogP contribution in [0.3, 0.4) is 0 Å². The highest BCUT2D eigenvalue weighted by Gasteiger charge is 2.30. The molecule has 0 saturated carbocycles. The first kappa shape index (κ1) is 21.0. The third-order valence-electron chi connectivity index (χ3n) is 5.95. The number of rotatable bonds is 4. The first-order valence-corrected chi connectivity index (χ1v) is 11.8. The molecule has 0 aliphatic carbocycles. The molecule has 0 spiro atoms. The largest absolute Gasteiger partial charge is 0.378 e. The number of nitrogens with zero attached hydrogens (tertiary/aromatic N) is 5. The number of piperazine rings is 1. The van der Waals surface area contributed by atoms with E-state index >= 15 is 0 Å². The second-order valence-corrected chi connectivity index (χ2v) is 9.83. The molecule has 0 radical (unpaired) electrons. The number of sulfonamides is 1. The number of anilines is 2. The fourth-order valence-electron chi connectivity index (χ4n) is 3.98. The minimum atomic E-state index is -3.51. The van der Waals surface area contributed by atoms with Gasteiger partial charge in [0.15, 0.2) is 0 Å². The summed E-state index contributed by atoms with van der Waals surface area (Å²) in [6, 6.07) is 5.74. The van der Waals surface area contributed by atoms with E-state index in [2.05, 4.69) is 19.8 Å². The fraction of sp³-hybridized carbons (Fsp3) is 0.524. The van der Waals surface area contributed by atoms with Gasteiger partial charge < -0.3 is 14.5 Å². The van der Waals surface area contributed by atoms with E-state index in [0.717, 1.165) is 41.4 Å². The van der Waals surface area contributed by atoms with Crippen LogP contribution in [0.1, 0.15) is 16.7 Å². The van der Waals surface area contributed by atoms with E-state index in [1.54, 1.807) is 16.7 Å². The number of benzene rings is 1. The lowest BCUT2D eigenvalue weighted by atomic mass is 10.1. The van der Waals surface area contributed by atoms with Crippen molar-refractivity contribution in [3.63, 3.8) is 0 Å². The molecule has 8 nitrogen and oxygen atoms in total. The molecular formula is C21H29N5O3S. The average molecular weight is 432 g/mol. The van der Waals surface area contributed by atoms with Crippen LogP contribution in [-0.4, -0.2) is 75.2 Å². The van der Waals surface area contributed by atoms with Crippen molar-refractivity contribution < 1.29 is 13.2 Å². The van der Waals surface area contributed by atoms with E-state index < -0.39 is 10.0 Å².